The van der Waals surface area contributed by atoms with Crippen LogP contribution in [0, 0.1) is 5.92 Å². The van der Waals surface area contributed by atoms with Gasteiger partial charge in [-0.25, -0.2) is 0 Å². The highest BCUT2D eigenvalue weighted by atomic mass is 32.1. The Hall–Kier alpha value is -0.680. The van der Waals surface area contributed by atoms with Crippen LogP contribution in [-0.4, -0.2) is 41.5 Å². The first kappa shape index (κ1) is 16.3. The minimum Gasteiger partial charge on any atom is -0.393 e. The van der Waals surface area contributed by atoms with Crippen molar-refractivity contribution >= 4 is 23.1 Å². The maximum Gasteiger partial charge on any atom is 0.234 e. The summed E-state index contributed by atoms with van der Waals surface area (Å²) in [4.78, 5) is 14.3. The molecule has 0 rings (SSSR count). The Labute approximate surface area is 110 Å². The number of carbonyl (C=O) groups excluding carboxylic acids is 1. The van der Waals surface area contributed by atoms with Gasteiger partial charge in [0.25, 0.3) is 0 Å². The molecular weight excluding hydrogens is 234 g/mol. The van der Waals surface area contributed by atoms with E-state index in [0.29, 0.717) is 11.5 Å². The van der Waals surface area contributed by atoms with Crippen LogP contribution in [0.5, 0.6) is 0 Å². The average molecular weight is 259 g/mol. The Morgan fingerprint density at radius 1 is 1.41 bits per heavy atom. The van der Waals surface area contributed by atoms with E-state index in [1.54, 1.807) is 0 Å². The van der Waals surface area contributed by atoms with E-state index in [0.717, 1.165) is 19.5 Å². The smallest absolute Gasteiger partial charge is 0.234 e. The second kappa shape index (κ2) is 8.42. The summed E-state index contributed by atoms with van der Waals surface area (Å²) in [6, 6.07) is 0.231. The molecule has 0 aromatic heterocycles. The van der Waals surface area contributed by atoms with Crippen molar-refractivity contribution in [2.45, 2.75) is 40.2 Å². The quantitative estimate of drug-likeness (QED) is 0.642. The minimum atomic E-state index is 0.0661. The highest BCUT2D eigenvalue weighted by molar-refractivity contribution is 7.80. The summed E-state index contributed by atoms with van der Waals surface area (Å²) in [6.07, 6.45) is 0.946. The molecule has 4 nitrogen and oxygen atoms in total. The summed E-state index contributed by atoms with van der Waals surface area (Å²) in [7, 11) is 0. The lowest BCUT2D eigenvalue weighted by Crippen LogP contribution is -2.43. The third-order valence-electron chi connectivity index (χ3n) is 2.85. The monoisotopic (exact) mass is 259 g/mol. The number of likely N-dealkylation sites (N-methyl/N-ethyl adjacent to an activating group) is 1. The molecule has 0 saturated heterocycles. The normalized spacial score (nSPS) is 14.4. The van der Waals surface area contributed by atoms with Crippen LogP contribution in [-0.2, 0) is 4.79 Å². The summed E-state index contributed by atoms with van der Waals surface area (Å²) in [5.74, 6) is 0.206. The fraction of sp³-hybridized carbons (Fsp3) is 0.833. The maximum atomic E-state index is 11.7. The molecule has 0 aliphatic rings. The number of nitrogens with two attached hydrogens (primary N) is 1. The fourth-order valence-electron chi connectivity index (χ4n) is 1.41. The van der Waals surface area contributed by atoms with E-state index in [1.165, 1.54) is 0 Å². The van der Waals surface area contributed by atoms with Crippen LogP contribution in [0.1, 0.15) is 34.1 Å². The minimum absolute atomic E-state index is 0.0661. The van der Waals surface area contributed by atoms with Gasteiger partial charge in [-0.2, -0.15) is 0 Å². The van der Waals surface area contributed by atoms with Gasteiger partial charge >= 0.3 is 0 Å². The third kappa shape index (κ3) is 7.28. The molecule has 0 spiro atoms. The molecule has 0 aliphatic heterocycles. The molecule has 0 aromatic carbocycles. The maximum absolute atomic E-state index is 11.7. The van der Waals surface area contributed by atoms with Gasteiger partial charge in [-0.1, -0.05) is 33.0 Å². The number of nitrogens with one attached hydrogen (secondary N) is 1. The molecule has 0 heterocycles. The Morgan fingerprint density at radius 3 is 2.41 bits per heavy atom. The van der Waals surface area contributed by atoms with E-state index in [2.05, 4.69) is 17.1 Å². The van der Waals surface area contributed by atoms with Crippen LogP contribution in [0.4, 0.5) is 0 Å². The topological polar surface area (TPSA) is 58.4 Å². The Kier molecular flexibility index (Phi) is 8.08. The van der Waals surface area contributed by atoms with Gasteiger partial charge in [0.05, 0.1) is 11.5 Å². The Bertz CT molecular complexity index is 258. The zero-order valence-corrected chi connectivity index (χ0v) is 12.1. The van der Waals surface area contributed by atoms with Gasteiger partial charge in [-0.15, -0.1) is 0 Å². The van der Waals surface area contributed by atoms with E-state index in [4.69, 9.17) is 18.0 Å². The van der Waals surface area contributed by atoms with Crippen LogP contribution in [0.25, 0.3) is 0 Å². The first-order valence-corrected chi connectivity index (χ1v) is 6.62. The van der Waals surface area contributed by atoms with Crippen molar-refractivity contribution in [3.63, 3.8) is 0 Å². The zero-order chi connectivity index (χ0) is 13.4. The fourth-order valence-corrected chi connectivity index (χ4v) is 1.48. The van der Waals surface area contributed by atoms with Gasteiger partial charge in [0.1, 0.15) is 0 Å². The molecule has 100 valence electrons. The van der Waals surface area contributed by atoms with Crippen LogP contribution < -0.4 is 11.1 Å². The number of hydrogen-bond donors (Lipinski definition) is 2. The predicted octanol–water partition coefficient (Wildman–Crippen LogP) is 1.15. The number of carbonyl (C=O) groups is 1. The first-order valence-electron chi connectivity index (χ1n) is 6.21. The second-order valence-electron chi connectivity index (χ2n) is 4.51. The molecule has 2 atom stereocenters. The van der Waals surface area contributed by atoms with Gasteiger partial charge in [0.15, 0.2) is 0 Å². The van der Waals surface area contributed by atoms with E-state index < -0.39 is 0 Å². The van der Waals surface area contributed by atoms with E-state index in [1.807, 2.05) is 20.8 Å². The number of hydrogen-bond acceptors (Lipinski definition) is 3. The largest absolute Gasteiger partial charge is 0.393 e. The molecule has 5 heteroatoms. The first-order chi connectivity index (χ1) is 7.90. The number of thiocarbonyl (C=S) groups is 1. The van der Waals surface area contributed by atoms with Crippen molar-refractivity contribution in [3.8, 4) is 0 Å². The SMILES string of the molecule is CCC(C)NC(=O)CN(CC)CC(C)C(N)=S. The predicted molar refractivity (Wildman–Crippen MR) is 76.0 cm³/mol. The van der Waals surface area contributed by atoms with Crippen LogP contribution in [0.2, 0.25) is 0 Å². The average Bonchev–Trinajstić information content (AvgIpc) is 2.27. The summed E-state index contributed by atoms with van der Waals surface area (Å²) < 4.78 is 0. The van der Waals surface area contributed by atoms with Gasteiger partial charge < -0.3 is 11.1 Å². The lowest BCUT2D eigenvalue weighted by atomic mass is 10.1. The molecule has 0 aromatic rings. The summed E-state index contributed by atoms with van der Waals surface area (Å²) in [5.41, 5.74) is 5.58. The highest BCUT2D eigenvalue weighted by Crippen LogP contribution is 2.00. The summed E-state index contributed by atoms with van der Waals surface area (Å²) >= 11 is 4.94. The molecule has 0 bridgehead atoms. The molecule has 0 fully saturated rings. The van der Waals surface area contributed by atoms with E-state index in [9.17, 15) is 4.79 Å². The molecule has 1 amide bonds. The lowest BCUT2D eigenvalue weighted by Gasteiger charge is -2.24. The number of nitrogens with zero attached hydrogens (tertiary/aromatic N) is 1. The highest BCUT2D eigenvalue weighted by Gasteiger charge is 2.14. The van der Waals surface area contributed by atoms with Crippen molar-refractivity contribution < 1.29 is 4.79 Å². The molecule has 3 N–H and O–H groups in total. The zero-order valence-electron chi connectivity index (χ0n) is 11.3. The molecular formula is C12H25N3OS. The molecule has 17 heavy (non-hydrogen) atoms. The van der Waals surface area contributed by atoms with Gasteiger partial charge in [-0.05, 0) is 19.9 Å². The van der Waals surface area contributed by atoms with Gasteiger partial charge in [-0.3, -0.25) is 9.69 Å². The molecule has 0 radical (unpaired) electrons. The van der Waals surface area contributed by atoms with Crippen LogP contribution >= 0.6 is 12.2 Å². The van der Waals surface area contributed by atoms with Crippen molar-refractivity contribution in [2.24, 2.45) is 11.7 Å². The van der Waals surface area contributed by atoms with Crippen molar-refractivity contribution in [1.29, 1.82) is 0 Å². The summed E-state index contributed by atoms with van der Waals surface area (Å²) in [6.45, 7) is 10.0. The standard InChI is InChI=1S/C12H25N3OS/c1-5-10(4)14-11(16)8-15(6-2)7-9(3)12(13)17/h9-10H,5-8H2,1-4H3,(H2,13,17)(H,14,16). The third-order valence-corrected chi connectivity index (χ3v) is 3.25. The van der Waals surface area contributed by atoms with Crippen LogP contribution in [0.15, 0.2) is 0 Å². The number of rotatable bonds is 8. The van der Waals surface area contributed by atoms with Crippen molar-refractivity contribution in [1.82, 2.24) is 10.2 Å². The molecule has 0 saturated carbocycles. The summed E-state index contributed by atoms with van der Waals surface area (Å²) in [5, 5.41) is 2.95. The second-order valence-corrected chi connectivity index (χ2v) is 4.98. The van der Waals surface area contributed by atoms with Gasteiger partial charge in [0.2, 0.25) is 5.91 Å². The molecule has 0 aliphatic carbocycles. The number of amides is 1. The lowest BCUT2D eigenvalue weighted by molar-refractivity contribution is -0.122. The van der Waals surface area contributed by atoms with Gasteiger partial charge in [0, 0.05) is 18.5 Å². The van der Waals surface area contributed by atoms with E-state index in [-0.39, 0.29) is 17.9 Å². The van der Waals surface area contributed by atoms with E-state index >= 15 is 0 Å². The molecule has 2 unspecified atom stereocenters. The van der Waals surface area contributed by atoms with Crippen LogP contribution in [0.3, 0.4) is 0 Å². The Balaban J connectivity index is 4.12. The van der Waals surface area contributed by atoms with Crippen molar-refractivity contribution in [3.05, 3.63) is 0 Å². The Morgan fingerprint density at radius 2 is 2.00 bits per heavy atom. The van der Waals surface area contributed by atoms with Crippen molar-refractivity contribution in [2.75, 3.05) is 19.6 Å².